The first-order valence-electron chi connectivity index (χ1n) is 10.8. The Morgan fingerprint density at radius 1 is 1.19 bits per heavy atom. The van der Waals surface area contributed by atoms with Gasteiger partial charge in [-0.3, -0.25) is 14.8 Å². The number of morpholine rings is 1. The Morgan fingerprint density at radius 2 is 1.94 bits per heavy atom. The van der Waals surface area contributed by atoms with Crippen LogP contribution in [0.25, 0.3) is 0 Å². The zero-order valence-corrected chi connectivity index (χ0v) is 18.5. The number of fused-ring (bicyclic) bond motifs is 3. The lowest BCUT2D eigenvalue weighted by atomic mass is 10.1. The largest absolute Gasteiger partial charge is 0.378 e. The molecule has 0 radical (unpaired) electrons. The van der Waals surface area contributed by atoms with Gasteiger partial charge in [0.1, 0.15) is 5.69 Å². The molecule has 0 saturated carbocycles. The summed E-state index contributed by atoms with van der Waals surface area (Å²) < 4.78 is 5.49. The van der Waals surface area contributed by atoms with Crippen LogP contribution >= 0.6 is 11.6 Å². The molecular formula is C23H26ClN5O2. The minimum Gasteiger partial charge on any atom is -0.378 e. The van der Waals surface area contributed by atoms with Gasteiger partial charge in [-0.2, -0.15) is 0 Å². The Hall–Kier alpha value is -2.64. The first-order valence-corrected chi connectivity index (χ1v) is 11.1. The molecule has 1 fully saturated rings. The van der Waals surface area contributed by atoms with Crippen LogP contribution in [0.4, 0.5) is 16.2 Å². The van der Waals surface area contributed by atoms with E-state index in [4.69, 9.17) is 26.3 Å². The average Bonchev–Trinajstić information content (AvgIpc) is 3.24. The fraction of sp³-hybridized carbons (Fsp3) is 0.435. The molecule has 1 atom stereocenters. The van der Waals surface area contributed by atoms with Crippen LogP contribution in [-0.2, 0) is 11.3 Å². The molecule has 0 spiro atoms. The SMILES string of the molecule is CC(C)[C@H]1CN2C(=O)N(Cc3ccc(Cl)cc3)c3cc(N4CCOCC4)cnc3C2=N1. The van der Waals surface area contributed by atoms with Gasteiger partial charge in [0, 0.05) is 18.1 Å². The molecule has 1 aromatic carbocycles. The highest BCUT2D eigenvalue weighted by molar-refractivity contribution is 6.30. The van der Waals surface area contributed by atoms with E-state index in [2.05, 4.69) is 24.8 Å². The van der Waals surface area contributed by atoms with Crippen LogP contribution in [0.2, 0.25) is 5.02 Å². The van der Waals surface area contributed by atoms with Gasteiger partial charge in [-0.15, -0.1) is 0 Å². The van der Waals surface area contributed by atoms with E-state index in [9.17, 15) is 4.79 Å². The summed E-state index contributed by atoms with van der Waals surface area (Å²) in [6.07, 6.45) is 1.89. The normalized spacial score (nSPS) is 20.8. The molecule has 7 nitrogen and oxygen atoms in total. The fourth-order valence-corrected chi connectivity index (χ4v) is 4.37. The number of hydrogen-bond donors (Lipinski definition) is 0. The molecule has 8 heteroatoms. The van der Waals surface area contributed by atoms with Crippen molar-refractivity contribution in [3.05, 3.63) is 52.8 Å². The highest BCUT2D eigenvalue weighted by Crippen LogP contribution is 2.35. The third-order valence-corrected chi connectivity index (χ3v) is 6.38. The maximum Gasteiger partial charge on any atom is 0.330 e. The number of carbonyl (C=O) groups excluding carboxylic acids is 1. The van der Waals surface area contributed by atoms with Gasteiger partial charge < -0.3 is 9.64 Å². The number of pyridine rings is 1. The predicted molar refractivity (Wildman–Crippen MR) is 122 cm³/mol. The van der Waals surface area contributed by atoms with E-state index < -0.39 is 0 Å². The van der Waals surface area contributed by atoms with E-state index in [0.29, 0.717) is 43.1 Å². The smallest absolute Gasteiger partial charge is 0.330 e. The quantitative estimate of drug-likeness (QED) is 0.727. The molecule has 0 unspecified atom stereocenters. The first-order chi connectivity index (χ1) is 15.0. The number of nitrogens with zero attached hydrogens (tertiary/aromatic N) is 5. The van der Waals surface area contributed by atoms with Crippen molar-refractivity contribution in [3.63, 3.8) is 0 Å². The summed E-state index contributed by atoms with van der Waals surface area (Å²) in [6, 6.07) is 9.73. The number of rotatable bonds is 4. The summed E-state index contributed by atoms with van der Waals surface area (Å²) in [7, 11) is 0. The van der Waals surface area contributed by atoms with Crippen LogP contribution in [-0.4, -0.2) is 60.6 Å². The fourth-order valence-electron chi connectivity index (χ4n) is 4.25. The summed E-state index contributed by atoms with van der Waals surface area (Å²) in [5.74, 6) is 1.05. The Labute approximate surface area is 187 Å². The van der Waals surface area contributed by atoms with E-state index in [0.717, 1.165) is 35.7 Å². The second-order valence-corrected chi connectivity index (χ2v) is 8.97. The van der Waals surface area contributed by atoms with Crippen molar-refractivity contribution in [2.45, 2.75) is 26.4 Å². The van der Waals surface area contributed by atoms with Gasteiger partial charge in [0.25, 0.3) is 0 Å². The molecule has 0 N–H and O–H groups in total. The summed E-state index contributed by atoms with van der Waals surface area (Å²) in [5.41, 5.74) is 3.60. The molecule has 0 bridgehead atoms. The molecule has 3 aliphatic heterocycles. The van der Waals surface area contributed by atoms with Crippen LogP contribution in [0.5, 0.6) is 0 Å². The average molecular weight is 440 g/mol. The van der Waals surface area contributed by atoms with Crippen molar-refractivity contribution in [3.8, 4) is 0 Å². The number of carbonyl (C=O) groups is 1. The van der Waals surface area contributed by atoms with Crippen molar-refractivity contribution in [2.24, 2.45) is 10.9 Å². The maximum atomic E-state index is 13.6. The van der Waals surface area contributed by atoms with Crippen molar-refractivity contribution in [1.29, 1.82) is 0 Å². The van der Waals surface area contributed by atoms with Gasteiger partial charge in [0.15, 0.2) is 5.84 Å². The molecule has 1 aromatic heterocycles. The van der Waals surface area contributed by atoms with Crippen LogP contribution in [0, 0.1) is 5.92 Å². The lowest BCUT2D eigenvalue weighted by molar-refractivity contribution is 0.122. The maximum absolute atomic E-state index is 13.6. The van der Waals surface area contributed by atoms with Gasteiger partial charge in [-0.1, -0.05) is 37.6 Å². The lowest BCUT2D eigenvalue weighted by Crippen LogP contribution is -2.50. The Morgan fingerprint density at radius 3 is 2.65 bits per heavy atom. The third-order valence-electron chi connectivity index (χ3n) is 6.13. The number of ether oxygens (including phenoxy) is 1. The molecule has 5 rings (SSSR count). The summed E-state index contributed by atoms with van der Waals surface area (Å²) in [4.78, 5) is 29.1. The van der Waals surface area contributed by atoms with Gasteiger partial charge in [-0.05, 0) is 29.7 Å². The Balaban J connectivity index is 1.56. The molecule has 1 saturated heterocycles. The lowest BCUT2D eigenvalue weighted by Gasteiger charge is -2.36. The number of benzene rings is 1. The summed E-state index contributed by atoms with van der Waals surface area (Å²) in [5, 5.41) is 0.680. The molecule has 2 aromatic rings. The highest BCUT2D eigenvalue weighted by Gasteiger charge is 2.42. The molecule has 4 heterocycles. The standard InChI is InChI=1S/C23H26ClN5O2/c1-15(2)19-14-29-22(26-19)21-20(11-18(12-25-21)27-7-9-31-10-8-27)28(23(29)30)13-16-3-5-17(24)6-4-16/h3-6,11-12,15,19H,7-10,13-14H2,1-2H3/t19-/m1/s1. The first kappa shape index (κ1) is 20.3. The highest BCUT2D eigenvalue weighted by atomic mass is 35.5. The van der Waals surface area contributed by atoms with Gasteiger partial charge in [0.2, 0.25) is 0 Å². The number of urea groups is 1. The number of anilines is 2. The van der Waals surface area contributed by atoms with Crippen LogP contribution in [0.15, 0.2) is 41.5 Å². The molecule has 31 heavy (non-hydrogen) atoms. The van der Waals surface area contributed by atoms with E-state index in [1.54, 1.807) is 4.90 Å². The van der Waals surface area contributed by atoms with E-state index in [1.165, 1.54) is 0 Å². The van der Waals surface area contributed by atoms with Gasteiger partial charge in [-0.25, -0.2) is 9.78 Å². The van der Waals surface area contributed by atoms with Crippen molar-refractivity contribution < 1.29 is 9.53 Å². The number of halogens is 1. The summed E-state index contributed by atoms with van der Waals surface area (Å²) >= 11 is 6.06. The van der Waals surface area contributed by atoms with Crippen LogP contribution < -0.4 is 9.80 Å². The Bertz CT molecular complexity index is 1020. The second-order valence-electron chi connectivity index (χ2n) is 8.53. The molecule has 0 aliphatic carbocycles. The van der Waals surface area contributed by atoms with Crippen molar-refractivity contribution in [1.82, 2.24) is 9.88 Å². The number of hydrogen-bond acceptors (Lipinski definition) is 5. The van der Waals surface area contributed by atoms with Gasteiger partial charge in [0.05, 0.1) is 49.9 Å². The molecular weight excluding hydrogens is 414 g/mol. The molecule has 162 valence electrons. The van der Waals surface area contributed by atoms with Crippen molar-refractivity contribution >= 4 is 34.8 Å². The van der Waals surface area contributed by atoms with E-state index >= 15 is 0 Å². The van der Waals surface area contributed by atoms with Crippen molar-refractivity contribution in [2.75, 3.05) is 42.6 Å². The zero-order valence-electron chi connectivity index (χ0n) is 17.8. The minimum atomic E-state index is -0.0507. The number of amidine groups is 1. The van der Waals surface area contributed by atoms with Crippen LogP contribution in [0.1, 0.15) is 25.1 Å². The number of amides is 2. The second kappa shape index (κ2) is 8.13. The number of aliphatic imine (C=N–C) groups is 1. The monoisotopic (exact) mass is 439 g/mol. The van der Waals surface area contributed by atoms with E-state index in [1.807, 2.05) is 35.4 Å². The topological polar surface area (TPSA) is 61.3 Å². The number of aromatic nitrogens is 1. The molecule has 3 aliphatic rings. The zero-order chi connectivity index (χ0) is 21.5. The predicted octanol–water partition coefficient (Wildman–Crippen LogP) is 3.80. The minimum absolute atomic E-state index is 0.0507. The third kappa shape index (κ3) is 3.77. The van der Waals surface area contributed by atoms with E-state index in [-0.39, 0.29) is 12.1 Å². The Kier molecular flexibility index (Phi) is 5.32. The molecule has 2 amide bonds. The van der Waals surface area contributed by atoms with Crippen LogP contribution in [0.3, 0.4) is 0 Å². The van der Waals surface area contributed by atoms with Gasteiger partial charge >= 0.3 is 6.03 Å². The summed E-state index contributed by atoms with van der Waals surface area (Å²) in [6.45, 7) is 8.34.